The van der Waals surface area contributed by atoms with Crippen molar-refractivity contribution in [3.63, 3.8) is 0 Å². The zero-order chi connectivity index (χ0) is 17.6. The number of benzene rings is 1. The number of likely N-dealkylation sites (tertiary alicyclic amines) is 1. The van der Waals surface area contributed by atoms with Crippen LogP contribution in [0.15, 0.2) is 18.2 Å². The van der Waals surface area contributed by atoms with Gasteiger partial charge in [0.05, 0.1) is 0 Å². The number of halogens is 2. The molecular formula is C19H27F2N3O. The summed E-state index contributed by atoms with van der Waals surface area (Å²) < 4.78 is 26.9. The first kappa shape index (κ1) is 18.3. The Morgan fingerprint density at radius 1 is 0.880 bits per heavy atom. The molecular weight excluding hydrogens is 324 g/mol. The van der Waals surface area contributed by atoms with Gasteiger partial charge in [0.25, 0.3) is 0 Å². The number of hydrogen-bond acceptors (Lipinski definition) is 3. The Morgan fingerprint density at radius 2 is 1.68 bits per heavy atom. The van der Waals surface area contributed by atoms with Gasteiger partial charge in [-0.3, -0.25) is 9.69 Å². The van der Waals surface area contributed by atoms with E-state index in [1.54, 1.807) is 0 Å². The summed E-state index contributed by atoms with van der Waals surface area (Å²) in [5.41, 5.74) is 0.482. The lowest BCUT2D eigenvalue weighted by Gasteiger charge is -2.29. The molecule has 2 aliphatic rings. The summed E-state index contributed by atoms with van der Waals surface area (Å²) in [4.78, 5) is 18.8. The summed E-state index contributed by atoms with van der Waals surface area (Å²) in [6, 6.07) is 3.70. The van der Waals surface area contributed by atoms with Gasteiger partial charge in [0.2, 0.25) is 5.91 Å². The first-order chi connectivity index (χ1) is 12.1. The monoisotopic (exact) mass is 351 g/mol. The van der Waals surface area contributed by atoms with E-state index in [0.29, 0.717) is 31.6 Å². The molecule has 0 atom stereocenters. The van der Waals surface area contributed by atoms with Crippen molar-refractivity contribution in [1.82, 2.24) is 14.7 Å². The Balaban J connectivity index is 1.50. The van der Waals surface area contributed by atoms with E-state index in [1.807, 2.05) is 4.90 Å². The first-order valence-corrected chi connectivity index (χ1v) is 9.28. The minimum absolute atomic E-state index is 0.180. The van der Waals surface area contributed by atoms with Crippen LogP contribution < -0.4 is 0 Å². The van der Waals surface area contributed by atoms with Crippen LogP contribution in [0.1, 0.15) is 31.2 Å². The van der Waals surface area contributed by atoms with Crippen molar-refractivity contribution in [2.75, 3.05) is 45.8 Å². The van der Waals surface area contributed by atoms with Gasteiger partial charge < -0.3 is 9.80 Å². The molecule has 1 aromatic carbocycles. The molecule has 1 aromatic rings. The summed E-state index contributed by atoms with van der Waals surface area (Å²) in [6.45, 7) is 6.43. The summed E-state index contributed by atoms with van der Waals surface area (Å²) in [5.74, 6) is -0.896. The number of rotatable bonds is 5. The third kappa shape index (κ3) is 5.22. The SMILES string of the molecule is O=C1CCN(Cc2ccc(F)cc2F)CCN1CCN1CCCCC1. The Hall–Kier alpha value is -1.53. The smallest absolute Gasteiger partial charge is 0.223 e. The molecule has 2 fully saturated rings. The molecule has 1 amide bonds. The van der Waals surface area contributed by atoms with Gasteiger partial charge in [0.1, 0.15) is 11.6 Å². The second kappa shape index (κ2) is 8.72. The molecule has 6 heteroatoms. The highest BCUT2D eigenvalue weighted by molar-refractivity contribution is 5.76. The largest absolute Gasteiger partial charge is 0.340 e. The van der Waals surface area contributed by atoms with Gasteiger partial charge in [-0.05, 0) is 32.0 Å². The predicted molar refractivity (Wildman–Crippen MR) is 93.1 cm³/mol. The Kier molecular flexibility index (Phi) is 6.37. The number of piperidine rings is 1. The molecule has 0 aliphatic carbocycles. The number of carbonyl (C=O) groups excluding carboxylic acids is 1. The molecule has 0 radical (unpaired) electrons. The number of carbonyl (C=O) groups is 1. The zero-order valence-corrected chi connectivity index (χ0v) is 14.7. The molecule has 0 N–H and O–H groups in total. The molecule has 2 saturated heterocycles. The van der Waals surface area contributed by atoms with Crippen LogP contribution in [0.25, 0.3) is 0 Å². The average Bonchev–Trinajstić information content (AvgIpc) is 2.78. The van der Waals surface area contributed by atoms with Crippen molar-refractivity contribution in [3.05, 3.63) is 35.4 Å². The highest BCUT2D eigenvalue weighted by atomic mass is 19.1. The van der Waals surface area contributed by atoms with Crippen LogP contribution >= 0.6 is 0 Å². The van der Waals surface area contributed by atoms with Crippen LogP contribution in [0.4, 0.5) is 8.78 Å². The van der Waals surface area contributed by atoms with E-state index >= 15 is 0 Å². The van der Waals surface area contributed by atoms with Crippen molar-refractivity contribution in [3.8, 4) is 0 Å². The van der Waals surface area contributed by atoms with E-state index in [9.17, 15) is 13.6 Å². The molecule has 138 valence electrons. The molecule has 2 aliphatic heterocycles. The van der Waals surface area contributed by atoms with Crippen molar-refractivity contribution >= 4 is 5.91 Å². The molecule has 0 spiro atoms. The molecule has 0 unspecified atom stereocenters. The van der Waals surface area contributed by atoms with Crippen molar-refractivity contribution in [1.29, 1.82) is 0 Å². The average molecular weight is 351 g/mol. The zero-order valence-electron chi connectivity index (χ0n) is 14.7. The predicted octanol–water partition coefficient (Wildman–Crippen LogP) is 2.49. The van der Waals surface area contributed by atoms with Crippen LogP contribution in [-0.2, 0) is 11.3 Å². The fraction of sp³-hybridized carbons (Fsp3) is 0.632. The highest BCUT2D eigenvalue weighted by Crippen LogP contribution is 2.15. The van der Waals surface area contributed by atoms with Gasteiger partial charge in [-0.2, -0.15) is 0 Å². The van der Waals surface area contributed by atoms with Gasteiger partial charge in [-0.15, -0.1) is 0 Å². The van der Waals surface area contributed by atoms with Crippen LogP contribution in [-0.4, -0.2) is 66.4 Å². The van der Waals surface area contributed by atoms with Gasteiger partial charge in [0.15, 0.2) is 0 Å². The lowest BCUT2D eigenvalue weighted by Crippen LogP contribution is -2.41. The van der Waals surface area contributed by atoms with Crippen molar-refractivity contribution in [2.45, 2.75) is 32.2 Å². The molecule has 0 aromatic heterocycles. The normalized spacial score (nSPS) is 20.7. The third-order valence-electron chi connectivity index (χ3n) is 5.22. The Morgan fingerprint density at radius 3 is 2.44 bits per heavy atom. The van der Waals surface area contributed by atoms with E-state index in [2.05, 4.69) is 9.80 Å². The van der Waals surface area contributed by atoms with E-state index in [0.717, 1.165) is 38.8 Å². The minimum Gasteiger partial charge on any atom is -0.340 e. The quantitative estimate of drug-likeness (QED) is 0.815. The lowest BCUT2D eigenvalue weighted by atomic mass is 10.1. The van der Waals surface area contributed by atoms with Crippen LogP contribution in [0.5, 0.6) is 0 Å². The molecule has 3 rings (SSSR count). The Labute approximate surface area is 148 Å². The van der Waals surface area contributed by atoms with Crippen molar-refractivity contribution < 1.29 is 13.6 Å². The van der Waals surface area contributed by atoms with Gasteiger partial charge >= 0.3 is 0 Å². The second-order valence-electron chi connectivity index (χ2n) is 7.04. The summed E-state index contributed by atoms with van der Waals surface area (Å²) in [7, 11) is 0. The van der Waals surface area contributed by atoms with Gasteiger partial charge in [-0.1, -0.05) is 12.5 Å². The second-order valence-corrected chi connectivity index (χ2v) is 7.04. The van der Waals surface area contributed by atoms with Crippen LogP contribution in [0.3, 0.4) is 0 Å². The highest BCUT2D eigenvalue weighted by Gasteiger charge is 2.22. The maximum absolute atomic E-state index is 13.8. The van der Waals surface area contributed by atoms with Gasteiger partial charge in [-0.25, -0.2) is 8.78 Å². The maximum atomic E-state index is 13.8. The summed E-state index contributed by atoms with van der Waals surface area (Å²) >= 11 is 0. The molecule has 2 heterocycles. The summed E-state index contributed by atoms with van der Waals surface area (Å²) in [6.07, 6.45) is 4.28. The van der Waals surface area contributed by atoms with Crippen LogP contribution in [0, 0.1) is 11.6 Å². The van der Waals surface area contributed by atoms with E-state index in [1.165, 1.54) is 31.4 Å². The third-order valence-corrected chi connectivity index (χ3v) is 5.22. The van der Waals surface area contributed by atoms with Crippen LogP contribution in [0.2, 0.25) is 0 Å². The van der Waals surface area contributed by atoms with Gasteiger partial charge in [0, 0.05) is 57.3 Å². The number of nitrogens with zero attached hydrogens (tertiary/aromatic N) is 3. The standard InChI is InChI=1S/C19H27F2N3O/c20-17-5-4-16(18(21)14-17)15-23-9-6-19(25)24(13-11-23)12-10-22-7-2-1-3-8-22/h4-5,14H,1-3,6-13,15H2. The number of amides is 1. The topological polar surface area (TPSA) is 26.8 Å². The van der Waals surface area contributed by atoms with Crippen molar-refractivity contribution in [2.24, 2.45) is 0 Å². The fourth-order valence-corrected chi connectivity index (χ4v) is 3.64. The minimum atomic E-state index is -0.559. The summed E-state index contributed by atoms with van der Waals surface area (Å²) in [5, 5.41) is 0. The Bertz CT molecular complexity index is 590. The molecule has 0 saturated carbocycles. The van der Waals surface area contributed by atoms with E-state index < -0.39 is 11.6 Å². The molecule has 4 nitrogen and oxygen atoms in total. The number of hydrogen-bond donors (Lipinski definition) is 0. The fourth-order valence-electron chi connectivity index (χ4n) is 3.64. The first-order valence-electron chi connectivity index (χ1n) is 9.28. The molecule has 0 bridgehead atoms. The maximum Gasteiger partial charge on any atom is 0.223 e. The molecule has 25 heavy (non-hydrogen) atoms. The van der Waals surface area contributed by atoms with E-state index in [4.69, 9.17) is 0 Å². The van der Waals surface area contributed by atoms with E-state index in [-0.39, 0.29) is 5.91 Å². The lowest BCUT2D eigenvalue weighted by molar-refractivity contribution is -0.130.